The van der Waals surface area contributed by atoms with E-state index >= 15 is 0 Å². The minimum absolute atomic E-state index is 0.00898. The molecule has 4 aliphatic rings. The van der Waals surface area contributed by atoms with Gasteiger partial charge in [-0.15, -0.1) is 0 Å². The molecule has 2 aromatic heterocycles. The molecule has 2 aliphatic carbocycles. The predicted octanol–water partition coefficient (Wildman–Crippen LogP) is 8.54. The van der Waals surface area contributed by atoms with Crippen LogP contribution < -0.4 is 20.4 Å². The minimum atomic E-state index is -0.952. The Balaban J connectivity index is 0.000000231. The number of hydrogen-bond donors (Lipinski definition) is 2. The fourth-order valence-electron chi connectivity index (χ4n) is 7.05. The molecule has 2 atom stereocenters. The number of nitrogens with zero attached hydrogens (tertiary/aromatic N) is 6. The van der Waals surface area contributed by atoms with Crippen molar-refractivity contribution in [2.24, 2.45) is 11.8 Å². The zero-order valence-corrected chi connectivity index (χ0v) is 34.0. The SMILES string of the molecule is CC(C)(C)OC(=O)N1C(=O)[C@@H](CC2CCCCC2)N(C(=O)OC(C)(C)C)c2nc(Br)cnc21.O=C1Nc2ncc(Br)nc2N[C@@H]1CC1CCCCC1. The van der Waals surface area contributed by atoms with E-state index in [-0.39, 0.29) is 29.5 Å². The summed E-state index contributed by atoms with van der Waals surface area (Å²) in [6, 6.07) is -1.13. The number of anilines is 4. The highest BCUT2D eigenvalue weighted by molar-refractivity contribution is 9.10. The fraction of sp³-hybridized carbons (Fsp3) is 0.667. The molecule has 2 aliphatic heterocycles. The molecule has 0 spiro atoms. The van der Waals surface area contributed by atoms with Gasteiger partial charge in [0.15, 0.2) is 23.3 Å². The molecule has 2 aromatic rings. The molecular weight excluding hydrogens is 800 g/mol. The molecule has 16 heteroatoms. The van der Waals surface area contributed by atoms with Crippen LogP contribution in [-0.2, 0) is 19.1 Å². The third kappa shape index (κ3) is 10.4. The van der Waals surface area contributed by atoms with Gasteiger partial charge in [0.05, 0.1) is 12.4 Å². The number of ether oxygens (including phenoxy) is 2. The lowest BCUT2D eigenvalue weighted by atomic mass is 9.84. The number of rotatable bonds is 4. The molecule has 0 aromatic carbocycles. The normalized spacial score (nSPS) is 21.2. The van der Waals surface area contributed by atoms with E-state index in [4.69, 9.17) is 9.47 Å². The van der Waals surface area contributed by atoms with E-state index in [1.807, 2.05) is 0 Å². The maximum Gasteiger partial charge on any atom is 0.423 e. The highest BCUT2D eigenvalue weighted by Crippen LogP contribution is 2.39. The average Bonchev–Trinajstić information content (AvgIpc) is 3.05. The Morgan fingerprint density at radius 3 is 1.88 bits per heavy atom. The van der Waals surface area contributed by atoms with Crippen LogP contribution >= 0.6 is 31.9 Å². The summed E-state index contributed by atoms with van der Waals surface area (Å²) >= 11 is 6.59. The molecule has 0 bridgehead atoms. The van der Waals surface area contributed by atoms with Gasteiger partial charge < -0.3 is 20.1 Å². The summed E-state index contributed by atoms with van der Waals surface area (Å²) in [6.07, 6.45) is 14.4. The van der Waals surface area contributed by atoms with Crippen LogP contribution in [0, 0.1) is 11.8 Å². The number of carbonyl (C=O) groups excluding carboxylic acids is 4. The topological polar surface area (TPSA) is 169 Å². The summed E-state index contributed by atoms with van der Waals surface area (Å²) in [6.45, 7) is 10.4. The standard InChI is InChI=1S/C23H33BrN4O5.C13H17BrN4O/c1-22(2,3)32-20(30)27-15(12-14-10-8-7-9-11-14)19(29)28(21(31)33-23(4,5)6)17-18(27)26-16(24)13-25-17;14-10-7-15-11-12(17-10)16-9(13(19)18-11)6-8-4-2-1-3-5-8/h13-15H,7-12H2,1-6H3;7-9H,1-6H2,(H,16,17)(H,15,18,19)/t15-;9-/m11/s1. The van der Waals surface area contributed by atoms with E-state index in [1.165, 1.54) is 43.2 Å². The van der Waals surface area contributed by atoms with Crippen molar-refractivity contribution in [1.29, 1.82) is 0 Å². The third-order valence-electron chi connectivity index (χ3n) is 9.32. The van der Waals surface area contributed by atoms with Crippen molar-refractivity contribution in [3.05, 3.63) is 21.6 Å². The first-order chi connectivity index (χ1) is 24.5. The summed E-state index contributed by atoms with van der Waals surface area (Å²) in [5, 5.41) is 6.05. The van der Waals surface area contributed by atoms with Gasteiger partial charge in [-0.2, -0.15) is 4.90 Å². The second-order valence-corrected chi connectivity index (χ2v) is 17.5. The molecular formula is C36H50Br2N8O6. The van der Waals surface area contributed by atoms with Crippen molar-refractivity contribution >= 4 is 79.1 Å². The summed E-state index contributed by atoms with van der Waals surface area (Å²) in [4.78, 5) is 71.5. The monoisotopic (exact) mass is 848 g/mol. The van der Waals surface area contributed by atoms with Crippen LogP contribution in [0.2, 0.25) is 0 Å². The summed E-state index contributed by atoms with van der Waals surface area (Å²) in [7, 11) is 0. The summed E-state index contributed by atoms with van der Waals surface area (Å²) in [5.74, 6) is 1.56. The van der Waals surface area contributed by atoms with Crippen LogP contribution in [0.4, 0.5) is 32.9 Å². The molecule has 284 valence electrons. The van der Waals surface area contributed by atoms with Gasteiger partial charge in [0.2, 0.25) is 5.91 Å². The van der Waals surface area contributed by atoms with Crippen LogP contribution in [-0.4, -0.2) is 67.2 Å². The molecule has 2 fully saturated rings. The zero-order valence-electron chi connectivity index (χ0n) is 30.8. The van der Waals surface area contributed by atoms with Crippen LogP contribution in [0.25, 0.3) is 0 Å². The Labute approximate surface area is 322 Å². The molecule has 2 N–H and O–H groups in total. The lowest BCUT2D eigenvalue weighted by Gasteiger charge is -2.41. The highest BCUT2D eigenvalue weighted by Gasteiger charge is 2.49. The molecule has 4 amide bonds. The van der Waals surface area contributed by atoms with Gasteiger partial charge in [0.25, 0.3) is 5.91 Å². The minimum Gasteiger partial charge on any atom is -0.443 e. The quantitative estimate of drug-likeness (QED) is 0.302. The van der Waals surface area contributed by atoms with Gasteiger partial charge in [0.1, 0.15) is 32.5 Å². The number of hydrogen-bond acceptors (Lipinski definition) is 11. The number of carbonyl (C=O) groups is 4. The molecule has 2 saturated carbocycles. The number of aromatic nitrogens is 4. The Morgan fingerprint density at radius 1 is 0.750 bits per heavy atom. The number of imide groups is 1. The average molecular weight is 851 g/mol. The van der Waals surface area contributed by atoms with Crippen molar-refractivity contribution in [2.75, 3.05) is 20.4 Å². The lowest BCUT2D eigenvalue weighted by molar-refractivity contribution is -0.120. The second-order valence-electron chi connectivity index (χ2n) is 15.9. The summed E-state index contributed by atoms with van der Waals surface area (Å²) in [5.41, 5.74) is -1.60. The second kappa shape index (κ2) is 16.7. The number of halogens is 2. The van der Waals surface area contributed by atoms with Crippen LogP contribution in [0.3, 0.4) is 0 Å². The van der Waals surface area contributed by atoms with Gasteiger partial charge in [-0.1, -0.05) is 64.2 Å². The maximum atomic E-state index is 13.8. The van der Waals surface area contributed by atoms with Crippen molar-refractivity contribution < 1.29 is 28.7 Å². The van der Waals surface area contributed by atoms with Crippen LogP contribution in [0.15, 0.2) is 21.6 Å². The van der Waals surface area contributed by atoms with Gasteiger partial charge in [0, 0.05) is 0 Å². The Kier molecular flexibility index (Phi) is 12.8. The smallest absolute Gasteiger partial charge is 0.423 e. The highest BCUT2D eigenvalue weighted by atomic mass is 79.9. The van der Waals surface area contributed by atoms with Gasteiger partial charge in [-0.3, -0.25) is 9.59 Å². The third-order valence-corrected chi connectivity index (χ3v) is 10.1. The first kappa shape index (κ1) is 39.8. The molecule has 0 saturated heterocycles. The number of amides is 4. The molecule has 0 unspecified atom stereocenters. The van der Waals surface area contributed by atoms with Gasteiger partial charge in [-0.25, -0.2) is 34.4 Å². The fourth-order valence-corrected chi connectivity index (χ4v) is 7.60. The summed E-state index contributed by atoms with van der Waals surface area (Å²) < 4.78 is 12.2. The van der Waals surface area contributed by atoms with Crippen LogP contribution in [0.1, 0.15) is 119 Å². The molecule has 6 rings (SSSR count). The van der Waals surface area contributed by atoms with E-state index in [0.29, 0.717) is 33.2 Å². The lowest BCUT2D eigenvalue weighted by Crippen LogP contribution is -2.59. The maximum absolute atomic E-state index is 13.8. The molecule has 0 radical (unpaired) electrons. The van der Waals surface area contributed by atoms with Gasteiger partial charge >= 0.3 is 12.2 Å². The van der Waals surface area contributed by atoms with E-state index < -0.39 is 35.3 Å². The van der Waals surface area contributed by atoms with Crippen molar-refractivity contribution in [3.63, 3.8) is 0 Å². The first-order valence-corrected chi connectivity index (χ1v) is 19.8. The first-order valence-electron chi connectivity index (χ1n) is 18.2. The van der Waals surface area contributed by atoms with Crippen molar-refractivity contribution in [2.45, 2.75) is 142 Å². The Bertz CT molecular complexity index is 1640. The zero-order chi connectivity index (χ0) is 37.8. The van der Waals surface area contributed by atoms with Gasteiger partial charge in [-0.05, 0) is 98.1 Å². The molecule has 4 heterocycles. The Hall–Kier alpha value is -3.40. The number of fused-ring (bicyclic) bond motifs is 2. The molecule has 14 nitrogen and oxygen atoms in total. The predicted molar refractivity (Wildman–Crippen MR) is 204 cm³/mol. The van der Waals surface area contributed by atoms with E-state index in [9.17, 15) is 19.2 Å². The van der Waals surface area contributed by atoms with E-state index in [0.717, 1.165) is 43.4 Å². The molecule has 52 heavy (non-hydrogen) atoms. The largest absolute Gasteiger partial charge is 0.443 e. The van der Waals surface area contributed by atoms with E-state index in [2.05, 4.69) is 62.4 Å². The number of nitrogens with one attached hydrogen (secondary N) is 2. The van der Waals surface area contributed by atoms with Crippen molar-refractivity contribution in [3.8, 4) is 0 Å². The van der Waals surface area contributed by atoms with E-state index in [1.54, 1.807) is 47.7 Å². The van der Waals surface area contributed by atoms with Crippen LogP contribution in [0.5, 0.6) is 0 Å². The van der Waals surface area contributed by atoms with Crippen molar-refractivity contribution in [1.82, 2.24) is 19.9 Å². The Morgan fingerprint density at radius 2 is 1.29 bits per heavy atom.